The number of carbonyl (C=O) groups is 1. The molecule has 0 spiro atoms. The van der Waals surface area contributed by atoms with Crippen molar-refractivity contribution in [1.82, 2.24) is 9.80 Å². The minimum Gasteiger partial charge on any atom is -0.497 e. The third kappa shape index (κ3) is 5.24. The highest BCUT2D eigenvalue weighted by Gasteiger charge is 2.49. The Hall–Kier alpha value is -3.11. The molecule has 3 atom stereocenters. The Morgan fingerprint density at radius 1 is 1.11 bits per heavy atom. The fraction of sp³-hybridized carbons (Fsp3) is 0.441. The van der Waals surface area contributed by atoms with Crippen molar-refractivity contribution >= 4 is 16.7 Å². The summed E-state index contributed by atoms with van der Waals surface area (Å²) in [6.45, 7) is 12.3. The third-order valence-corrected chi connectivity index (χ3v) is 8.87. The lowest BCUT2D eigenvalue weighted by Crippen LogP contribution is -2.57. The van der Waals surface area contributed by atoms with Crippen molar-refractivity contribution in [2.24, 2.45) is 11.8 Å². The molecule has 4 nitrogen and oxygen atoms in total. The van der Waals surface area contributed by atoms with Crippen molar-refractivity contribution in [3.8, 4) is 5.75 Å². The lowest BCUT2D eigenvalue weighted by molar-refractivity contribution is 0.0138. The number of ether oxygens (including phenoxy) is 1. The Morgan fingerprint density at radius 2 is 1.92 bits per heavy atom. The minimum atomic E-state index is 0.0357. The van der Waals surface area contributed by atoms with Crippen LogP contribution in [0.1, 0.15) is 55.5 Å². The summed E-state index contributed by atoms with van der Waals surface area (Å²) in [5.41, 5.74) is 2.20. The van der Waals surface area contributed by atoms with Gasteiger partial charge in [0.1, 0.15) is 5.75 Å². The zero-order valence-electron chi connectivity index (χ0n) is 23.2. The predicted molar refractivity (Wildman–Crippen MR) is 157 cm³/mol. The van der Waals surface area contributed by atoms with Crippen LogP contribution in [0.4, 0.5) is 0 Å². The number of methoxy groups -OCH3 is 1. The minimum absolute atomic E-state index is 0.0357. The Morgan fingerprint density at radius 3 is 2.68 bits per heavy atom. The largest absolute Gasteiger partial charge is 0.497 e. The maximum Gasteiger partial charge on any atom is 0.254 e. The van der Waals surface area contributed by atoms with E-state index in [-0.39, 0.29) is 17.4 Å². The predicted octanol–water partition coefficient (Wildman–Crippen LogP) is 6.95. The van der Waals surface area contributed by atoms with Crippen LogP contribution >= 0.6 is 0 Å². The zero-order valence-corrected chi connectivity index (χ0v) is 23.2. The first-order valence-corrected chi connectivity index (χ1v) is 14.2. The molecule has 1 saturated carbocycles. The van der Waals surface area contributed by atoms with Crippen LogP contribution in [0.2, 0.25) is 0 Å². The summed E-state index contributed by atoms with van der Waals surface area (Å²) < 4.78 is 5.65. The molecule has 1 amide bonds. The Balaban J connectivity index is 1.49. The number of hydrogen-bond acceptors (Lipinski definition) is 3. The molecule has 4 heteroatoms. The number of fused-ring (bicyclic) bond motifs is 2. The number of benzene rings is 3. The van der Waals surface area contributed by atoms with Gasteiger partial charge in [-0.15, -0.1) is 6.58 Å². The first-order valence-electron chi connectivity index (χ1n) is 14.2. The Kier molecular flexibility index (Phi) is 7.90. The van der Waals surface area contributed by atoms with Crippen LogP contribution in [0, 0.1) is 11.8 Å². The van der Waals surface area contributed by atoms with Gasteiger partial charge in [0.25, 0.3) is 5.91 Å². The number of hydrogen-bond donors (Lipinski definition) is 0. The van der Waals surface area contributed by atoms with E-state index >= 15 is 0 Å². The topological polar surface area (TPSA) is 32.8 Å². The fourth-order valence-corrected chi connectivity index (χ4v) is 7.02. The SMILES string of the molecule is C=CCN1CC[C@@]2(c3cccc(OC)c3)C[C@H](N(CC(C)C)C(=O)c3ccc4ccccc4c3)CC[C@@H]2C1. The molecule has 0 bridgehead atoms. The molecule has 1 saturated heterocycles. The molecule has 38 heavy (non-hydrogen) atoms. The van der Waals surface area contributed by atoms with E-state index in [9.17, 15) is 4.79 Å². The van der Waals surface area contributed by atoms with Crippen LogP contribution in [-0.2, 0) is 5.41 Å². The average Bonchev–Trinajstić information content (AvgIpc) is 2.95. The zero-order chi connectivity index (χ0) is 26.7. The van der Waals surface area contributed by atoms with E-state index < -0.39 is 0 Å². The molecule has 1 aliphatic heterocycles. The molecular formula is C34H42N2O2. The van der Waals surface area contributed by atoms with Gasteiger partial charge in [-0.25, -0.2) is 0 Å². The highest BCUT2D eigenvalue weighted by Crippen LogP contribution is 2.50. The third-order valence-electron chi connectivity index (χ3n) is 8.87. The summed E-state index contributed by atoms with van der Waals surface area (Å²) in [6.07, 6.45) is 6.28. The normalized spacial score (nSPS) is 23.7. The second-order valence-electron chi connectivity index (χ2n) is 11.7. The molecule has 5 rings (SSSR count). The summed E-state index contributed by atoms with van der Waals surface area (Å²) >= 11 is 0. The van der Waals surface area contributed by atoms with Gasteiger partial charge in [0.2, 0.25) is 0 Å². The number of amides is 1. The first-order chi connectivity index (χ1) is 18.4. The van der Waals surface area contributed by atoms with E-state index in [4.69, 9.17) is 4.74 Å². The lowest BCUT2D eigenvalue weighted by atomic mass is 9.57. The van der Waals surface area contributed by atoms with Crippen LogP contribution in [0.3, 0.4) is 0 Å². The number of rotatable bonds is 8. The van der Waals surface area contributed by atoms with E-state index in [0.29, 0.717) is 11.8 Å². The quantitative estimate of drug-likeness (QED) is 0.308. The summed E-state index contributed by atoms with van der Waals surface area (Å²) in [5.74, 6) is 2.03. The van der Waals surface area contributed by atoms with Gasteiger partial charge >= 0.3 is 0 Å². The second-order valence-corrected chi connectivity index (χ2v) is 11.7. The van der Waals surface area contributed by atoms with Gasteiger partial charge in [-0.05, 0) is 84.7 Å². The smallest absolute Gasteiger partial charge is 0.254 e. The van der Waals surface area contributed by atoms with Crippen LogP contribution in [0.25, 0.3) is 10.8 Å². The molecule has 3 aromatic carbocycles. The van der Waals surface area contributed by atoms with Gasteiger partial charge in [-0.1, -0.05) is 62.4 Å². The molecule has 0 radical (unpaired) electrons. The van der Waals surface area contributed by atoms with E-state index in [1.54, 1.807) is 7.11 Å². The second kappa shape index (κ2) is 11.3. The summed E-state index contributed by atoms with van der Waals surface area (Å²) in [4.78, 5) is 18.9. The van der Waals surface area contributed by atoms with Gasteiger partial charge in [-0.3, -0.25) is 9.69 Å². The first kappa shape index (κ1) is 26.5. The van der Waals surface area contributed by atoms with Crippen molar-refractivity contribution in [2.45, 2.75) is 51.0 Å². The number of piperidine rings is 1. The van der Waals surface area contributed by atoms with Crippen molar-refractivity contribution < 1.29 is 9.53 Å². The molecule has 1 aliphatic carbocycles. The summed E-state index contributed by atoms with van der Waals surface area (Å²) in [7, 11) is 1.75. The van der Waals surface area contributed by atoms with Gasteiger partial charge in [0.05, 0.1) is 7.11 Å². The fourth-order valence-electron chi connectivity index (χ4n) is 7.02. The van der Waals surface area contributed by atoms with Crippen LogP contribution < -0.4 is 4.74 Å². The molecule has 2 fully saturated rings. The highest BCUT2D eigenvalue weighted by atomic mass is 16.5. The molecule has 3 aromatic rings. The maximum absolute atomic E-state index is 14.1. The molecule has 0 N–H and O–H groups in total. The lowest BCUT2D eigenvalue weighted by Gasteiger charge is -2.54. The van der Waals surface area contributed by atoms with Crippen molar-refractivity contribution in [1.29, 1.82) is 0 Å². The number of nitrogens with zero attached hydrogens (tertiary/aromatic N) is 2. The van der Waals surface area contributed by atoms with Crippen molar-refractivity contribution in [2.75, 3.05) is 33.3 Å². The maximum atomic E-state index is 14.1. The average molecular weight is 511 g/mol. The molecule has 200 valence electrons. The van der Waals surface area contributed by atoms with Gasteiger partial charge in [0, 0.05) is 36.7 Å². The molecule has 1 heterocycles. The summed E-state index contributed by atoms with van der Waals surface area (Å²) in [5, 5.41) is 2.29. The number of carbonyl (C=O) groups excluding carboxylic acids is 1. The van der Waals surface area contributed by atoms with E-state index in [1.807, 2.05) is 30.3 Å². The van der Waals surface area contributed by atoms with Gasteiger partial charge in [-0.2, -0.15) is 0 Å². The van der Waals surface area contributed by atoms with Gasteiger partial charge in [0.15, 0.2) is 0 Å². The molecule has 0 aromatic heterocycles. The molecular weight excluding hydrogens is 468 g/mol. The monoisotopic (exact) mass is 510 g/mol. The standard InChI is InChI=1S/C34H42N2O2/c1-5-18-35-19-17-34(29-11-8-12-32(21-29)38-4)22-31(16-15-30(34)24-35)36(23-25(2)3)33(37)28-14-13-26-9-6-7-10-27(26)20-28/h5-14,20-21,25,30-31H,1,15-19,22-24H2,2-4H3/t30-,31-,34+/m1/s1. The van der Waals surface area contributed by atoms with E-state index in [1.165, 1.54) is 10.9 Å². The van der Waals surface area contributed by atoms with Gasteiger partial charge < -0.3 is 9.64 Å². The van der Waals surface area contributed by atoms with E-state index in [0.717, 1.165) is 68.6 Å². The van der Waals surface area contributed by atoms with Crippen molar-refractivity contribution in [3.63, 3.8) is 0 Å². The molecule has 2 aliphatic rings. The molecule has 0 unspecified atom stereocenters. The summed E-state index contributed by atoms with van der Waals surface area (Å²) in [6, 6.07) is 23.4. The Labute approximate surface area is 228 Å². The highest BCUT2D eigenvalue weighted by molar-refractivity contribution is 5.98. The van der Waals surface area contributed by atoms with E-state index in [2.05, 4.69) is 72.7 Å². The van der Waals surface area contributed by atoms with Crippen molar-refractivity contribution in [3.05, 3.63) is 90.5 Å². The Bertz CT molecular complexity index is 1280. The van der Waals surface area contributed by atoms with Crippen LogP contribution in [0.5, 0.6) is 5.75 Å². The van der Waals surface area contributed by atoms with Crippen LogP contribution in [-0.4, -0.2) is 55.0 Å². The van der Waals surface area contributed by atoms with Crippen LogP contribution in [0.15, 0.2) is 79.4 Å². The number of likely N-dealkylation sites (tertiary alicyclic amines) is 1.